The first-order valence-corrected chi connectivity index (χ1v) is 9.42. The molecule has 0 aliphatic carbocycles. The topological polar surface area (TPSA) is 85.0 Å². The summed E-state index contributed by atoms with van der Waals surface area (Å²) in [4.78, 5) is 17.6. The fourth-order valence-corrected chi connectivity index (χ4v) is 4.09. The van der Waals surface area contributed by atoms with Gasteiger partial charge in [-0.2, -0.15) is 5.10 Å². The van der Waals surface area contributed by atoms with E-state index >= 15 is 0 Å². The summed E-state index contributed by atoms with van der Waals surface area (Å²) in [5.74, 6) is 0.170. The van der Waals surface area contributed by atoms with Crippen molar-refractivity contribution in [1.29, 1.82) is 0 Å². The number of nitrogens with one attached hydrogen (secondary N) is 1. The quantitative estimate of drug-likeness (QED) is 0.562. The van der Waals surface area contributed by atoms with Crippen molar-refractivity contribution < 1.29 is 5.11 Å². The summed E-state index contributed by atoms with van der Waals surface area (Å²) < 4.78 is 3.53. The predicted molar refractivity (Wildman–Crippen MR) is 109 cm³/mol. The molecule has 1 aromatic carbocycles. The van der Waals surface area contributed by atoms with Crippen molar-refractivity contribution in [2.24, 2.45) is 7.05 Å². The Hall–Kier alpha value is -3.19. The average molecular weight is 375 g/mol. The summed E-state index contributed by atoms with van der Waals surface area (Å²) >= 11 is 0. The second kappa shape index (κ2) is 6.17. The van der Waals surface area contributed by atoms with Gasteiger partial charge in [-0.25, -0.2) is 4.98 Å². The molecule has 28 heavy (non-hydrogen) atoms. The van der Waals surface area contributed by atoms with E-state index in [1.54, 1.807) is 21.4 Å². The van der Waals surface area contributed by atoms with Crippen LogP contribution >= 0.6 is 0 Å². The zero-order chi connectivity index (χ0) is 19.4. The number of rotatable bonds is 2. The van der Waals surface area contributed by atoms with Gasteiger partial charge in [0.15, 0.2) is 0 Å². The molecule has 5 rings (SSSR count). The van der Waals surface area contributed by atoms with E-state index in [9.17, 15) is 9.90 Å². The predicted octanol–water partition coefficient (Wildman–Crippen LogP) is 2.50. The molecule has 0 bridgehead atoms. The van der Waals surface area contributed by atoms with Crippen LogP contribution in [0.15, 0.2) is 41.5 Å². The maximum Gasteiger partial charge on any atom is 0.260 e. The minimum atomic E-state index is -0.0200. The molecular formula is C21H21N5O2. The highest BCUT2D eigenvalue weighted by Gasteiger charge is 2.19. The smallest absolute Gasteiger partial charge is 0.260 e. The Kier molecular flexibility index (Phi) is 3.73. The number of aryl methyl sites for hydroxylation is 2. The maximum absolute atomic E-state index is 12.9. The Morgan fingerprint density at radius 1 is 1.29 bits per heavy atom. The third kappa shape index (κ3) is 2.51. The highest BCUT2D eigenvalue weighted by Crippen LogP contribution is 2.36. The molecule has 7 heteroatoms. The molecule has 1 aliphatic rings. The fraction of sp³-hybridized carbons (Fsp3) is 0.286. The lowest BCUT2D eigenvalue weighted by atomic mass is 10.0. The van der Waals surface area contributed by atoms with Gasteiger partial charge in [-0.05, 0) is 44.2 Å². The van der Waals surface area contributed by atoms with Gasteiger partial charge >= 0.3 is 0 Å². The van der Waals surface area contributed by atoms with Crippen LogP contribution < -0.4 is 10.9 Å². The molecule has 7 nitrogen and oxygen atoms in total. The zero-order valence-electron chi connectivity index (χ0n) is 15.8. The lowest BCUT2D eigenvalue weighted by Gasteiger charge is -2.14. The lowest BCUT2D eigenvalue weighted by molar-refractivity contribution is 0.474. The highest BCUT2D eigenvalue weighted by molar-refractivity contribution is 5.91. The minimum absolute atomic E-state index is 0.0200. The largest absolute Gasteiger partial charge is 0.507 e. The van der Waals surface area contributed by atoms with Crippen molar-refractivity contribution in [3.05, 3.63) is 52.6 Å². The van der Waals surface area contributed by atoms with Crippen LogP contribution in [0.25, 0.3) is 33.1 Å². The van der Waals surface area contributed by atoms with Gasteiger partial charge in [0, 0.05) is 42.5 Å². The number of benzene rings is 1. The average Bonchev–Trinajstić information content (AvgIpc) is 3.34. The van der Waals surface area contributed by atoms with Crippen LogP contribution in [-0.2, 0) is 7.05 Å². The van der Waals surface area contributed by atoms with E-state index < -0.39 is 0 Å². The number of fused-ring (bicyclic) bond motifs is 2. The van der Waals surface area contributed by atoms with Crippen molar-refractivity contribution >= 4 is 21.8 Å². The van der Waals surface area contributed by atoms with Crippen LogP contribution in [0.5, 0.6) is 5.75 Å². The van der Waals surface area contributed by atoms with Gasteiger partial charge < -0.3 is 15.0 Å². The standard InChI is InChI=1S/C21H21N5O2/c1-12-19-13(11-25(2)24-19)9-16(20(12)27)17-4-3-15-18(23-17)6-8-26(21(15)28)14-5-7-22-10-14/h3-4,6,8-9,11,14,22,27H,5,7,10H2,1-2H3/t14-/m1/s1. The van der Waals surface area contributed by atoms with E-state index in [0.29, 0.717) is 22.2 Å². The third-order valence-corrected chi connectivity index (χ3v) is 5.61. The lowest BCUT2D eigenvalue weighted by Crippen LogP contribution is -2.25. The zero-order valence-corrected chi connectivity index (χ0v) is 15.8. The summed E-state index contributed by atoms with van der Waals surface area (Å²) in [6.45, 7) is 3.60. The molecule has 2 N–H and O–H groups in total. The van der Waals surface area contributed by atoms with E-state index in [1.165, 1.54) is 0 Å². The molecule has 0 saturated carbocycles. The Labute approximate surface area is 161 Å². The van der Waals surface area contributed by atoms with E-state index in [2.05, 4.69) is 15.4 Å². The van der Waals surface area contributed by atoms with Crippen molar-refractivity contribution in [2.75, 3.05) is 13.1 Å². The van der Waals surface area contributed by atoms with Crippen molar-refractivity contribution in [3.8, 4) is 17.0 Å². The summed E-state index contributed by atoms with van der Waals surface area (Å²) in [7, 11) is 1.86. The third-order valence-electron chi connectivity index (χ3n) is 5.61. The first-order chi connectivity index (χ1) is 13.5. The normalized spacial score (nSPS) is 17.0. The molecule has 0 unspecified atom stereocenters. The number of phenols is 1. The summed E-state index contributed by atoms with van der Waals surface area (Å²) in [6, 6.07) is 7.57. The van der Waals surface area contributed by atoms with E-state index in [-0.39, 0.29) is 17.4 Å². The van der Waals surface area contributed by atoms with Crippen molar-refractivity contribution in [1.82, 2.24) is 24.6 Å². The monoisotopic (exact) mass is 375 g/mol. The van der Waals surface area contributed by atoms with Crippen molar-refractivity contribution in [3.63, 3.8) is 0 Å². The van der Waals surface area contributed by atoms with Crippen LogP contribution in [0.1, 0.15) is 18.0 Å². The van der Waals surface area contributed by atoms with Crippen LogP contribution in [0.2, 0.25) is 0 Å². The van der Waals surface area contributed by atoms with Gasteiger partial charge in [0.1, 0.15) is 5.75 Å². The molecule has 1 fully saturated rings. The summed E-state index contributed by atoms with van der Waals surface area (Å²) in [5.41, 5.74) is 3.39. The van der Waals surface area contributed by atoms with E-state index in [0.717, 1.165) is 36.0 Å². The molecule has 142 valence electrons. The SMILES string of the molecule is Cc1c(O)c(-c2ccc3c(=O)n([C@@H]4CCNC4)ccc3n2)cc2cn(C)nc12. The van der Waals surface area contributed by atoms with E-state index in [4.69, 9.17) is 0 Å². The van der Waals surface area contributed by atoms with Gasteiger partial charge in [0.05, 0.1) is 28.2 Å². The molecule has 1 atom stereocenters. The van der Waals surface area contributed by atoms with Crippen LogP contribution in [-0.4, -0.2) is 37.5 Å². The van der Waals surface area contributed by atoms with Gasteiger partial charge in [-0.3, -0.25) is 9.48 Å². The molecule has 3 aromatic heterocycles. The number of pyridine rings is 2. The Morgan fingerprint density at radius 3 is 2.93 bits per heavy atom. The van der Waals surface area contributed by atoms with Crippen molar-refractivity contribution in [2.45, 2.75) is 19.4 Å². The molecule has 0 spiro atoms. The maximum atomic E-state index is 12.9. The molecule has 0 radical (unpaired) electrons. The number of aromatic hydroxyl groups is 1. The number of nitrogens with zero attached hydrogens (tertiary/aromatic N) is 4. The summed E-state index contributed by atoms with van der Waals surface area (Å²) in [6.07, 6.45) is 4.70. The minimum Gasteiger partial charge on any atom is -0.507 e. The Bertz CT molecular complexity index is 1280. The second-order valence-corrected chi connectivity index (χ2v) is 7.44. The highest BCUT2D eigenvalue weighted by atomic mass is 16.3. The van der Waals surface area contributed by atoms with Crippen LogP contribution in [0, 0.1) is 6.92 Å². The Morgan fingerprint density at radius 2 is 2.14 bits per heavy atom. The van der Waals surface area contributed by atoms with Gasteiger partial charge in [0.25, 0.3) is 5.56 Å². The molecule has 1 saturated heterocycles. The Balaban J connectivity index is 1.66. The number of hydrogen-bond donors (Lipinski definition) is 2. The first kappa shape index (κ1) is 16.9. The molecule has 0 amide bonds. The molecule has 4 heterocycles. The van der Waals surface area contributed by atoms with Gasteiger partial charge in [0.2, 0.25) is 0 Å². The fourth-order valence-electron chi connectivity index (χ4n) is 4.09. The first-order valence-electron chi connectivity index (χ1n) is 9.42. The molecule has 4 aromatic rings. The molecule has 1 aliphatic heterocycles. The number of phenolic OH excluding ortho intramolecular Hbond substituents is 1. The second-order valence-electron chi connectivity index (χ2n) is 7.44. The number of aromatic nitrogens is 4. The molecular weight excluding hydrogens is 354 g/mol. The van der Waals surface area contributed by atoms with E-state index in [1.807, 2.05) is 38.5 Å². The van der Waals surface area contributed by atoms with Gasteiger partial charge in [-0.15, -0.1) is 0 Å². The van der Waals surface area contributed by atoms with Gasteiger partial charge in [-0.1, -0.05) is 0 Å². The van der Waals surface area contributed by atoms with Crippen LogP contribution in [0.4, 0.5) is 0 Å². The van der Waals surface area contributed by atoms with Crippen LogP contribution in [0.3, 0.4) is 0 Å². The number of hydrogen-bond acceptors (Lipinski definition) is 5. The summed E-state index contributed by atoms with van der Waals surface area (Å²) in [5, 5.41) is 19.9.